The van der Waals surface area contributed by atoms with E-state index in [1.54, 1.807) is 11.8 Å². The van der Waals surface area contributed by atoms with Crippen molar-refractivity contribution < 1.29 is 27.5 Å². The molecule has 2 aliphatic heterocycles. The van der Waals surface area contributed by atoms with Gasteiger partial charge in [-0.05, 0) is 82.6 Å². The van der Waals surface area contributed by atoms with Gasteiger partial charge < -0.3 is 15.0 Å². The maximum Gasteiger partial charge on any atom is 0.297 e. The van der Waals surface area contributed by atoms with E-state index in [4.69, 9.17) is 9.72 Å². The highest BCUT2D eigenvalue weighted by Gasteiger charge is 2.62. The minimum atomic E-state index is -3.89. The van der Waals surface area contributed by atoms with Crippen molar-refractivity contribution in [1.82, 2.24) is 19.2 Å². The number of imidazole rings is 1. The lowest BCUT2D eigenvalue weighted by Gasteiger charge is -2.30. The van der Waals surface area contributed by atoms with Crippen LogP contribution in [-0.2, 0) is 31.0 Å². The molecule has 0 unspecified atom stereocenters. The van der Waals surface area contributed by atoms with Crippen molar-refractivity contribution in [1.29, 1.82) is 0 Å². The number of sulfonamides is 1. The number of para-hydroxylation sites is 3. The van der Waals surface area contributed by atoms with Gasteiger partial charge >= 0.3 is 0 Å². The molecule has 1 saturated heterocycles. The third-order valence-electron chi connectivity index (χ3n) is 11.2. The van der Waals surface area contributed by atoms with E-state index in [1.165, 1.54) is 0 Å². The number of allylic oxidation sites excluding steroid dienone is 2. The summed E-state index contributed by atoms with van der Waals surface area (Å²) in [5.41, 5.74) is 1.37. The number of hydrogen-bond donors (Lipinski definition) is 2. The zero-order valence-electron chi connectivity index (χ0n) is 28.8. The predicted molar refractivity (Wildman–Crippen MR) is 191 cm³/mol. The maximum atomic E-state index is 14.6. The molecule has 3 fully saturated rings. The number of ether oxygens (including phenoxy) is 1. The number of fused-ring (bicyclic) bond motifs is 3. The van der Waals surface area contributed by atoms with Gasteiger partial charge in [0.15, 0.2) is 5.78 Å². The van der Waals surface area contributed by atoms with Gasteiger partial charge in [-0.3, -0.25) is 23.7 Å². The molecule has 2 aromatic carbocycles. The number of hydrogen-bond acceptors (Lipinski definition) is 8. The van der Waals surface area contributed by atoms with Crippen LogP contribution in [-0.4, -0.2) is 69.9 Å². The number of ketones is 1. The Kier molecular flexibility index (Phi) is 9.25. The van der Waals surface area contributed by atoms with Gasteiger partial charge in [-0.15, -0.1) is 0 Å². The average molecular weight is 702 g/mol. The number of aryl methyl sites for hydroxylation is 1. The monoisotopic (exact) mass is 701 g/mol. The number of amides is 2. The molecule has 3 heterocycles. The highest BCUT2D eigenvalue weighted by molar-refractivity contribution is 7.91. The van der Waals surface area contributed by atoms with E-state index in [2.05, 4.69) is 16.1 Å². The van der Waals surface area contributed by atoms with Crippen molar-refractivity contribution >= 4 is 44.3 Å². The van der Waals surface area contributed by atoms with Crippen LogP contribution in [0.15, 0.2) is 66.7 Å². The van der Waals surface area contributed by atoms with Gasteiger partial charge in [-0.1, -0.05) is 55.3 Å². The number of carbonyl (C=O) groups is 3. The molecule has 266 valence electrons. The molecule has 2 N–H and O–H groups in total. The number of rotatable bonds is 8. The zero-order valence-corrected chi connectivity index (χ0v) is 29.7. The lowest BCUT2D eigenvalue weighted by atomic mass is 9.91. The second-order valence-electron chi connectivity index (χ2n) is 14.7. The van der Waals surface area contributed by atoms with Crippen LogP contribution in [0.2, 0.25) is 0 Å². The number of carbonyl (C=O) groups excluding carboxylic acids is 3. The molecule has 0 radical (unpaired) electrons. The Morgan fingerprint density at radius 1 is 1.04 bits per heavy atom. The summed E-state index contributed by atoms with van der Waals surface area (Å²) in [7, 11) is -3.89. The molecule has 3 aromatic rings. The van der Waals surface area contributed by atoms with E-state index in [0.717, 1.165) is 42.4 Å². The number of nitrogens with zero attached hydrogens (tertiary/aromatic N) is 3. The summed E-state index contributed by atoms with van der Waals surface area (Å²) in [6.45, 7) is 4.47. The largest absolute Gasteiger partial charge is 0.459 e. The first kappa shape index (κ1) is 34.3. The van der Waals surface area contributed by atoms with Crippen LogP contribution in [0.1, 0.15) is 78.1 Å². The van der Waals surface area contributed by atoms with Crippen LogP contribution in [0.3, 0.4) is 0 Å². The molecule has 0 bridgehead atoms. The van der Waals surface area contributed by atoms with E-state index in [0.29, 0.717) is 38.2 Å². The summed E-state index contributed by atoms with van der Waals surface area (Å²) < 4.78 is 36.2. The number of anilines is 1. The van der Waals surface area contributed by atoms with Crippen molar-refractivity contribution in [3.8, 4) is 6.01 Å². The first-order chi connectivity index (χ1) is 24.0. The molecule has 4 aliphatic rings. The van der Waals surface area contributed by atoms with Crippen LogP contribution in [0.4, 0.5) is 5.69 Å². The molecule has 50 heavy (non-hydrogen) atoms. The molecule has 0 spiro atoms. The van der Waals surface area contributed by atoms with Crippen molar-refractivity contribution in [2.24, 2.45) is 11.3 Å². The van der Waals surface area contributed by atoms with Crippen molar-refractivity contribution in [2.75, 3.05) is 11.9 Å². The highest BCUT2D eigenvalue weighted by Crippen LogP contribution is 2.57. The fourth-order valence-corrected chi connectivity index (χ4v) is 8.95. The Morgan fingerprint density at radius 3 is 2.56 bits per heavy atom. The topological polar surface area (TPSA) is 140 Å². The molecular formula is C38H47N5O6S. The number of benzene rings is 2. The molecular weight excluding hydrogens is 655 g/mol. The van der Waals surface area contributed by atoms with E-state index in [1.807, 2.05) is 72.2 Å². The molecule has 2 amide bonds. The summed E-state index contributed by atoms with van der Waals surface area (Å²) in [6, 6.07) is 16.4. The van der Waals surface area contributed by atoms with Crippen LogP contribution in [0.25, 0.3) is 11.0 Å². The van der Waals surface area contributed by atoms with Crippen molar-refractivity contribution in [3.05, 3.63) is 66.7 Å². The Hall–Kier alpha value is -4.19. The van der Waals surface area contributed by atoms with Gasteiger partial charge in [0.1, 0.15) is 12.1 Å². The van der Waals surface area contributed by atoms with Crippen LogP contribution < -0.4 is 14.8 Å². The zero-order chi connectivity index (χ0) is 35.1. The summed E-state index contributed by atoms with van der Waals surface area (Å²) in [4.78, 5) is 49.3. The number of aromatic nitrogens is 2. The standard InChI is InChI=1S/C38H47N5O6S/c1-3-42-31-19-13-12-17-29(31)40-36(42)49-28-22-32-33(44)24-38(35(46)41-50(47,48)37(2)20-21-37)23-26(38)14-8-5-4-6-11-18-30(34(45)43(32)25-28)39-27-15-9-7-10-16-27/h7-10,12-17,19,26,28,30,32,39H,3-6,11,18,20-25H2,1-2H3,(H,41,46)/b14-8-/t26-,28-,30+,32+,38-/m1/s1. The lowest BCUT2D eigenvalue weighted by Crippen LogP contribution is -2.49. The van der Waals surface area contributed by atoms with Gasteiger partial charge in [0.25, 0.3) is 6.01 Å². The Balaban J connectivity index is 1.20. The van der Waals surface area contributed by atoms with Crippen LogP contribution >= 0.6 is 0 Å². The molecule has 11 nitrogen and oxygen atoms in total. The first-order valence-electron chi connectivity index (χ1n) is 18.0. The highest BCUT2D eigenvalue weighted by atomic mass is 32.2. The molecule has 12 heteroatoms. The lowest BCUT2D eigenvalue weighted by molar-refractivity contribution is -0.139. The van der Waals surface area contributed by atoms with Crippen molar-refractivity contribution in [3.63, 3.8) is 0 Å². The summed E-state index contributed by atoms with van der Waals surface area (Å²) in [6.07, 6.45) is 9.03. The van der Waals surface area contributed by atoms with Gasteiger partial charge in [0, 0.05) is 25.1 Å². The Labute approximate surface area is 293 Å². The van der Waals surface area contributed by atoms with Gasteiger partial charge in [0.2, 0.25) is 21.8 Å². The predicted octanol–water partition coefficient (Wildman–Crippen LogP) is 5.37. The van der Waals surface area contributed by atoms with Gasteiger partial charge in [0.05, 0.1) is 33.8 Å². The maximum absolute atomic E-state index is 14.6. The molecule has 2 aliphatic carbocycles. The number of Topliss-reactive ketones (excluding diaryl/α,β-unsaturated/α-hetero) is 1. The Morgan fingerprint density at radius 2 is 1.80 bits per heavy atom. The smallest absolute Gasteiger partial charge is 0.297 e. The summed E-state index contributed by atoms with van der Waals surface area (Å²) in [5, 5.41) is 3.43. The fraction of sp³-hybridized carbons (Fsp3) is 0.526. The van der Waals surface area contributed by atoms with Crippen LogP contribution in [0.5, 0.6) is 6.01 Å². The fourth-order valence-electron chi connectivity index (χ4n) is 7.62. The normalized spacial score (nSPS) is 28.9. The average Bonchev–Trinajstić information content (AvgIpc) is 3.93. The second kappa shape index (κ2) is 13.5. The van der Waals surface area contributed by atoms with E-state index < -0.39 is 44.3 Å². The van der Waals surface area contributed by atoms with Gasteiger partial charge in [-0.2, -0.15) is 4.98 Å². The molecule has 7 rings (SSSR count). The second-order valence-corrected chi connectivity index (χ2v) is 16.9. The van der Waals surface area contributed by atoms with E-state index in [9.17, 15) is 22.8 Å². The SMILES string of the molecule is CCn1c(O[C@@H]2C[C@H]3C(=O)C[C@]4(C(=O)NS(=O)(=O)C5(C)CC5)C[C@H]4/C=C\CCCCC[C@H](Nc4ccccc4)C(=O)N3C2)nc2ccccc21. The summed E-state index contributed by atoms with van der Waals surface area (Å²) >= 11 is 0. The van der Waals surface area contributed by atoms with Crippen molar-refractivity contribution in [2.45, 2.75) is 108 Å². The molecule has 1 aromatic heterocycles. The minimum absolute atomic E-state index is 0.161. The summed E-state index contributed by atoms with van der Waals surface area (Å²) in [5.74, 6) is -1.33. The Bertz CT molecular complexity index is 1900. The third-order valence-corrected chi connectivity index (χ3v) is 13.3. The van der Waals surface area contributed by atoms with E-state index in [-0.39, 0.29) is 37.0 Å². The molecule has 5 atom stereocenters. The first-order valence-corrected chi connectivity index (χ1v) is 19.5. The third kappa shape index (κ3) is 6.66. The quantitative estimate of drug-likeness (QED) is 0.299. The van der Waals surface area contributed by atoms with Gasteiger partial charge in [-0.25, -0.2) is 8.42 Å². The molecule has 2 saturated carbocycles. The van der Waals surface area contributed by atoms with Crippen LogP contribution in [0, 0.1) is 11.3 Å². The number of nitrogens with one attached hydrogen (secondary N) is 2. The minimum Gasteiger partial charge on any atom is -0.459 e. The van der Waals surface area contributed by atoms with E-state index >= 15 is 0 Å².